The second-order valence-electron chi connectivity index (χ2n) is 2.70. The van der Waals surface area contributed by atoms with Crippen molar-refractivity contribution >= 4 is 22.0 Å². The van der Waals surface area contributed by atoms with Gasteiger partial charge in [0.25, 0.3) is 0 Å². The molecule has 0 heterocycles. The predicted molar refractivity (Wildman–Crippen MR) is 58.6 cm³/mol. The van der Waals surface area contributed by atoms with Crippen LogP contribution >= 0.6 is 15.9 Å². The fourth-order valence-corrected chi connectivity index (χ4v) is 1.50. The highest BCUT2D eigenvalue weighted by atomic mass is 79.9. The first kappa shape index (κ1) is 9.53. The van der Waals surface area contributed by atoms with Gasteiger partial charge in [0.15, 0.2) is 0 Å². The molecule has 0 nitrogen and oxygen atoms in total. The van der Waals surface area contributed by atoms with Crippen LogP contribution in [0.2, 0.25) is 0 Å². The quantitative estimate of drug-likeness (QED) is 0.686. The van der Waals surface area contributed by atoms with E-state index in [9.17, 15) is 0 Å². The molecule has 0 bridgehead atoms. The van der Waals surface area contributed by atoms with Gasteiger partial charge in [0.2, 0.25) is 0 Å². The lowest BCUT2D eigenvalue weighted by Crippen LogP contribution is -1.89. The largest absolute Gasteiger partial charge is 0.0985 e. The molecule has 64 valence electrons. The highest BCUT2D eigenvalue weighted by Gasteiger charge is 1.96. The van der Waals surface area contributed by atoms with Crippen LogP contribution in [0.25, 0.3) is 6.08 Å². The third-order valence-corrected chi connectivity index (χ3v) is 2.42. The third kappa shape index (κ3) is 2.49. The Balaban J connectivity index is 2.75. The van der Waals surface area contributed by atoms with E-state index in [0.717, 1.165) is 11.8 Å². The van der Waals surface area contributed by atoms with Crippen molar-refractivity contribution in [3.8, 4) is 0 Å². The Morgan fingerprint density at radius 1 is 1.33 bits per heavy atom. The lowest BCUT2D eigenvalue weighted by Gasteiger charge is -2.03. The van der Waals surface area contributed by atoms with E-state index in [1.54, 1.807) is 0 Å². The number of hydrogen-bond donors (Lipinski definition) is 0. The molecule has 1 aromatic rings. The van der Waals surface area contributed by atoms with Gasteiger partial charge in [-0.3, -0.25) is 0 Å². The summed E-state index contributed by atoms with van der Waals surface area (Å²) in [5.41, 5.74) is 2.66. The molecule has 0 fully saturated rings. The Kier molecular flexibility index (Phi) is 4.09. The molecule has 0 amide bonds. The summed E-state index contributed by atoms with van der Waals surface area (Å²) >= 11 is 3.43. The molecular weight excluding hydrogens is 212 g/mol. The summed E-state index contributed by atoms with van der Waals surface area (Å²) in [4.78, 5) is 0. The first-order valence-electron chi connectivity index (χ1n) is 4.15. The fourth-order valence-electron chi connectivity index (χ4n) is 1.22. The van der Waals surface area contributed by atoms with Crippen molar-refractivity contribution in [2.45, 2.75) is 12.8 Å². The normalized spacial score (nSPS) is 9.75. The van der Waals surface area contributed by atoms with Crippen molar-refractivity contribution in [3.05, 3.63) is 42.0 Å². The summed E-state index contributed by atoms with van der Waals surface area (Å²) in [6.45, 7) is 3.79. The van der Waals surface area contributed by atoms with E-state index in [4.69, 9.17) is 0 Å². The van der Waals surface area contributed by atoms with Gasteiger partial charge in [0, 0.05) is 5.33 Å². The maximum absolute atomic E-state index is 3.79. The molecule has 0 atom stereocenters. The molecule has 12 heavy (non-hydrogen) atoms. The highest BCUT2D eigenvalue weighted by Crippen LogP contribution is 2.12. The maximum Gasteiger partial charge on any atom is 0.00344 e. The first-order valence-corrected chi connectivity index (χ1v) is 5.27. The molecule has 0 saturated carbocycles. The first-order chi connectivity index (χ1) is 5.88. The Bertz CT molecular complexity index is 253. The van der Waals surface area contributed by atoms with Crippen LogP contribution in [0.1, 0.15) is 17.5 Å². The minimum atomic E-state index is 1.07. The number of rotatable bonds is 4. The summed E-state index contributed by atoms with van der Waals surface area (Å²) < 4.78 is 0. The van der Waals surface area contributed by atoms with Crippen molar-refractivity contribution in [2.75, 3.05) is 5.33 Å². The smallest absolute Gasteiger partial charge is 0.00344 e. The van der Waals surface area contributed by atoms with Gasteiger partial charge in [-0.2, -0.15) is 0 Å². The molecule has 0 aliphatic carbocycles. The molecule has 0 unspecified atom stereocenters. The van der Waals surface area contributed by atoms with Gasteiger partial charge in [0.1, 0.15) is 0 Å². The molecule has 0 radical (unpaired) electrons. The molecule has 0 spiro atoms. The number of benzene rings is 1. The summed E-state index contributed by atoms with van der Waals surface area (Å²) in [5.74, 6) is 0. The minimum absolute atomic E-state index is 1.07. The monoisotopic (exact) mass is 224 g/mol. The van der Waals surface area contributed by atoms with Gasteiger partial charge in [-0.1, -0.05) is 52.9 Å². The van der Waals surface area contributed by atoms with Crippen LogP contribution in [0.3, 0.4) is 0 Å². The fraction of sp³-hybridized carbons (Fsp3) is 0.273. The lowest BCUT2D eigenvalue weighted by molar-refractivity contribution is 0.937. The molecule has 1 rings (SSSR count). The van der Waals surface area contributed by atoms with Gasteiger partial charge in [-0.25, -0.2) is 0 Å². The summed E-state index contributed by atoms with van der Waals surface area (Å²) in [5, 5.41) is 1.07. The molecule has 0 N–H and O–H groups in total. The van der Waals surface area contributed by atoms with Crippen molar-refractivity contribution in [1.29, 1.82) is 0 Å². The molecule has 0 aromatic heterocycles. The van der Waals surface area contributed by atoms with E-state index in [2.05, 4.69) is 46.8 Å². The molecule has 1 heteroatoms. The Morgan fingerprint density at radius 3 is 2.75 bits per heavy atom. The number of alkyl halides is 1. The standard InChI is InChI=1S/C11H13Br/c1-2-10-6-3-4-7-11(10)8-5-9-12/h2-4,6-7H,1,5,8-9H2. The van der Waals surface area contributed by atoms with E-state index in [0.29, 0.717) is 0 Å². The van der Waals surface area contributed by atoms with E-state index in [1.165, 1.54) is 17.5 Å². The average Bonchev–Trinajstić information content (AvgIpc) is 2.15. The number of hydrogen-bond acceptors (Lipinski definition) is 0. The Morgan fingerprint density at radius 2 is 2.08 bits per heavy atom. The summed E-state index contributed by atoms with van der Waals surface area (Å²) in [6, 6.07) is 8.40. The van der Waals surface area contributed by atoms with Gasteiger partial charge in [-0.15, -0.1) is 0 Å². The predicted octanol–water partition coefficient (Wildman–Crippen LogP) is 3.66. The summed E-state index contributed by atoms with van der Waals surface area (Å²) in [7, 11) is 0. The SMILES string of the molecule is C=Cc1ccccc1CCCBr. The third-order valence-electron chi connectivity index (χ3n) is 1.85. The van der Waals surface area contributed by atoms with E-state index < -0.39 is 0 Å². The van der Waals surface area contributed by atoms with Crippen LogP contribution in [0.15, 0.2) is 30.8 Å². The van der Waals surface area contributed by atoms with Gasteiger partial charge >= 0.3 is 0 Å². The van der Waals surface area contributed by atoms with Crippen LogP contribution in [-0.2, 0) is 6.42 Å². The Labute approximate surface area is 82.4 Å². The van der Waals surface area contributed by atoms with Gasteiger partial charge in [0.05, 0.1) is 0 Å². The minimum Gasteiger partial charge on any atom is -0.0985 e. The summed E-state index contributed by atoms with van der Waals surface area (Å²) in [6.07, 6.45) is 4.24. The zero-order valence-corrected chi connectivity index (χ0v) is 8.68. The molecule has 0 saturated heterocycles. The van der Waals surface area contributed by atoms with Gasteiger partial charge in [-0.05, 0) is 24.0 Å². The zero-order valence-electron chi connectivity index (χ0n) is 7.09. The molecule has 0 aliphatic heterocycles. The Hall–Kier alpha value is -0.560. The van der Waals surface area contributed by atoms with Crippen molar-refractivity contribution in [1.82, 2.24) is 0 Å². The van der Waals surface area contributed by atoms with Crippen LogP contribution in [0.5, 0.6) is 0 Å². The van der Waals surface area contributed by atoms with Crippen LogP contribution in [0.4, 0.5) is 0 Å². The lowest BCUT2D eigenvalue weighted by atomic mass is 10.0. The van der Waals surface area contributed by atoms with Crippen LogP contribution < -0.4 is 0 Å². The second-order valence-corrected chi connectivity index (χ2v) is 3.49. The van der Waals surface area contributed by atoms with Crippen molar-refractivity contribution < 1.29 is 0 Å². The average molecular weight is 225 g/mol. The zero-order chi connectivity index (χ0) is 8.81. The van der Waals surface area contributed by atoms with E-state index in [-0.39, 0.29) is 0 Å². The molecular formula is C11H13Br. The maximum atomic E-state index is 3.79. The van der Waals surface area contributed by atoms with E-state index >= 15 is 0 Å². The van der Waals surface area contributed by atoms with Crippen LogP contribution in [0, 0.1) is 0 Å². The highest BCUT2D eigenvalue weighted by molar-refractivity contribution is 9.09. The number of halogens is 1. The molecule has 1 aromatic carbocycles. The van der Waals surface area contributed by atoms with Crippen LogP contribution in [-0.4, -0.2) is 5.33 Å². The van der Waals surface area contributed by atoms with Crippen molar-refractivity contribution in [3.63, 3.8) is 0 Å². The molecule has 0 aliphatic rings. The second kappa shape index (κ2) is 5.15. The van der Waals surface area contributed by atoms with E-state index in [1.807, 2.05) is 6.08 Å². The number of aryl methyl sites for hydroxylation is 1. The van der Waals surface area contributed by atoms with Gasteiger partial charge < -0.3 is 0 Å². The topological polar surface area (TPSA) is 0 Å². The van der Waals surface area contributed by atoms with Crippen molar-refractivity contribution in [2.24, 2.45) is 0 Å².